The van der Waals surface area contributed by atoms with Crippen LogP contribution >= 0.6 is 0 Å². The van der Waals surface area contributed by atoms with E-state index in [1.165, 1.54) is 12.7 Å². The Morgan fingerprint density at radius 2 is 2.00 bits per heavy atom. The zero-order valence-corrected chi connectivity index (χ0v) is 14.8. The van der Waals surface area contributed by atoms with Crippen LogP contribution in [0.1, 0.15) is 40.4 Å². The second-order valence-corrected chi connectivity index (χ2v) is 6.70. The molecular weight excluding hydrogens is 318 g/mol. The Balaban J connectivity index is 1.79. The van der Waals surface area contributed by atoms with Crippen LogP contribution in [0.2, 0.25) is 0 Å². The van der Waals surface area contributed by atoms with Crippen molar-refractivity contribution in [3.63, 3.8) is 0 Å². The maximum atomic E-state index is 12.8. The van der Waals surface area contributed by atoms with Gasteiger partial charge in [0.05, 0.1) is 13.3 Å². The van der Waals surface area contributed by atoms with Crippen LogP contribution < -0.4 is 5.32 Å². The standard InChI is InChI=1S/C19H23N3O3/c1-11-6-12(2)8-15(7-11)17(19(24)25-3)21-18(23)13-4-5-14-10-20-22-16(14)9-13/h6-8,10,13,17H,4-5,9H2,1-3H3,(H,20,22)(H,21,23)/t13-,17-/m0/s1. The number of aryl methyl sites for hydroxylation is 3. The topological polar surface area (TPSA) is 84.1 Å². The molecule has 2 N–H and O–H groups in total. The van der Waals surface area contributed by atoms with Crippen LogP contribution in [-0.2, 0) is 27.2 Å². The summed E-state index contributed by atoms with van der Waals surface area (Å²) < 4.78 is 4.91. The second-order valence-electron chi connectivity index (χ2n) is 6.70. The molecule has 1 aromatic heterocycles. The average Bonchev–Trinajstić information content (AvgIpc) is 3.05. The summed E-state index contributed by atoms with van der Waals surface area (Å²) in [6, 6.07) is 5.05. The van der Waals surface area contributed by atoms with Gasteiger partial charge in [-0.15, -0.1) is 0 Å². The smallest absolute Gasteiger partial charge is 0.333 e. The van der Waals surface area contributed by atoms with Crippen molar-refractivity contribution >= 4 is 11.9 Å². The summed E-state index contributed by atoms with van der Waals surface area (Å²) >= 11 is 0. The third-order valence-corrected chi connectivity index (χ3v) is 4.69. The molecule has 0 aliphatic heterocycles. The maximum Gasteiger partial charge on any atom is 0.333 e. The van der Waals surface area contributed by atoms with Crippen molar-refractivity contribution < 1.29 is 14.3 Å². The molecular formula is C19H23N3O3. The van der Waals surface area contributed by atoms with Crippen molar-refractivity contribution in [2.75, 3.05) is 7.11 Å². The van der Waals surface area contributed by atoms with Gasteiger partial charge in [-0.1, -0.05) is 29.3 Å². The van der Waals surface area contributed by atoms with Crippen LogP contribution in [0.3, 0.4) is 0 Å². The molecule has 0 fully saturated rings. The van der Waals surface area contributed by atoms with Gasteiger partial charge in [0, 0.05) is 18.0 Å². The number of benzene rings is 1. The van der Waals surface area contributed by atoms with Crippen LogP contribution in [0.25, 0.3) is 0 Å². The Hall–Kier alpha value is -2.63. The van der Waals surface area contributed by atoms with Crippen molar-refractivity contribution in [1.29, 1.82) is 0 Å². The number of rotatable bonds is 4. The Morgan fingerprint density at radius 1 is 1.28 bits per heavy atom. The number of fused-ring (bicyclic) bond motifs is 1. The van der Waals surface area contributed by atoms with E-state index < -0.39 is 12.0 Å². The normalized spacial score (nSPS) is 17.5. The molecule has 1 amide bonds. The highest BCUT2D eigenvalue weighted by Crippen LogP contribution is 2.25. The summed E-state index contributed by atoms with van der Waals surface area (Å²) in [7, 11) is 1.33. The van der Waals surface area contributed by atoms with Crippen LogP contribution in [-0.4, -0.2) is 29.2 Å². The summed E-state index contributed by atoms with van der Waals surface area (Å²) in [5.41, 5.74) is 5.00. The minimum Gasteiger partial charge on any atom is -0.467 e. The minimum absolute atomic E-state index is 0.130. The fourth-order valence-electron chi connectivity index (χ4n) is 3.46. The molecule has 2 aromatic rings. The number of methoxy groups -OCH3 is 1. The zero-order chi connectivity index (χ0) is 18.0. The molecule has 2 atom stereocenters. The number of hydrogen-bond acceptors (Lipinski definition) is 4. The van der Waals surface area contributed by atoms with Gasteiger partial charge in [0.2, 0.25) is 5.91 Å². The highest BCUT2D eigenvalue weighted by atomic mass is 16.5. The summed E-state index contributed by atoms with van der Waals surface area (Å²) in [5.74, 6) is -0.766. The third kappa shape index (κ3) is 3.73. The molecule has 25 heavy (non-hydrogen) atoms. The molecule has 0 saturated carbocycles. The first kappa shape index (κ1) is 17.2. The lowest BCUT2D eigenvalue weighted by Crippen LogP contribution is -2.40. The Bertz CT molecular complexity index is 777. The Kier molecular flexibility index (Phi) is 4.88. The van der Waals surface area contributed by atoms with Gasteiger partial charge < -0.3 is 10.1 Å². The number of ether oxygens (including phenoxy) is 1. The van der Waals surface area contributed by atoms with Gasteiger partial charge in [-0.05, 0) is 37.8 Å². The monoisotopic (exact) mass is 341 g/mol. The first-order chi connectivity index (χ1) is 12.0. The summed E-state index contributed by atoms with van der Waals surface area (Å²) in [6.07, 6.45) is 3.99. The molecule has 1 aliphatic carbocycles. The first-order valence-electron chi connectivity index (χ1n) is 8.45. The van der Waals surface area contributed by atoms with E-state index in [1.54, 1.807) is 0 Å². The number of amides is 1. The fourth-order valence-corrected chi connectivity index (χ4v) is 3.46. The number of hydrogen-bond donors (Lipinski definition) is 2. The third-order valence-electron chi connectivity index (χ3n) is 4.69. The Morgan fingerprint density at radius 3 is 2.68 bits per heavy atom. The average molecular weight is 341 g/mol. The molecule has 3 rings (SSSR count). The largest absolute Gasteiger partial charge is 0.467 e. The molecule has 6 heteroatoms. The number of aromatic nitrogens is 2. The maximum absolute atomic E-state index is 12.8. The SMILES string of the molecule is COC(=O)[C@@H](NC(=O)[C@H]1CCc2cn[nH]c2C1)c1cc(C)cc(C)c1. The van der Waals surface area contributed by atoms with Crippen molar-refractivity contribution in [1.82, 2.24) is 15.5 Å². The Labute approximate surface area is 147 Å². The quantitative estimate of drug-likeness (QED) is 0.835. The van der Waals surface area contributed by atoms with Gasteiger partial charge in [0.25, 0.3) is 0 Å². The van der Waals surface area contributed by atoms with E-state index in [2.05, 4.69) is 15.5 Å². The number of nitrogens with zero attached hydrogens (tertiary/aromatic N) is 1. The lowest BCUT2D eigenvalue weighted by molar-refractivity contribution is -0.145. The number of carbonyl (C=O) groups is 2. The van der Waals surface area contributed by atoms with Gasteiger partial charge in [-0.2, -0.15) is 5.10 Å². The fraction of sp³-hybridized carbons (Fsp3) is 0.421. The highest BCUT2D eigenvalue weighted by molar-refractivity contribution is 5.87. The van der Waals surface area contributed by atoms with E-state index in [-0.39, 0.29) is 11.8 Å². The second kappa shape index (κ2) is 7.09. The van der Waals surface area contributed by atoms with Crippen LogP contribution in [0.15, 0.2) is 24.4 Å². The van der Waals surface area contributed by atoms with Crippen molar-refractivity contribution in [2.45, 2.75) is 39.2 Å². The van der Waals surface area contributed by atoms with Crippen LogP contribution in [0.5, 0.6) is 0 Å². The van der Waals surface area contributed by atoms with Crippen molar-refractivity contribution in [3.8, 4) is 0 Å². The molecule has 0 saturated heterocycles. The van der Waals surface area contributed by atoms with Gasteiger partial charge in [-0.25, -0.2) is 4.79 Å². The van der Waals surface area contributed by atoms with E-state index in [1.807, 2.05) is 38.2 Å². The van der Waals surface area contributed by atoms with E-state index in [9.17, 15) is 9.59 Å². The molecule has 6 nitrogen and oxygen atoms in total. The molecule has 0 unspecified atom stereocenters. The van der Waals surface area contributed by atoms with E-state index in [0.717, 1.165) is 35.2 Å². The number of esters is 1. The molecule has 0 bridgehead atoms. The summed E-state index contributed by atoms with van der Waals surface area (Å²) in [5, 5.41) is 9.87. The molecule has 1 heterocycles. The van der Waals surface area contributed by atoms with Gasteiger partial charge in [-0.3, -0.25) is 9.89 Å². The van der Waals surface area contributed by atoms with E-state index in [4.69, 9.17) is 4.74 Å². The van der Waals surface area contributed by atoms with E-state index in [0.29, 0.717) is 6.42 Å². The number of aromatic amines is 1. The van der Waals surface area contributed by atoms with Gasteiger partial charge in [0.15, 0.2) is 6.04 Å². The van der Waals surface area contributed by atoms with Gasteiger partial charge in [0.1, 0.15) is 0 Å². The summed E-state index contributed by atoms with van der Waals surface area (Å²) in [6.45, 7) is 3.93. The van der Waals surface area contributed by atoms with Crippen LogP contribution in [0.4, 0.5) is 0 Å². The molecule has 0 radical (unpaired) electrons. The van der Waals surface area contributed by atoms with Gasteiger partial charge >= 0.3 is 5.97 Å². The molecule has 1 aromatic carbocycles. The van der Waals surface area contributed by atoms with Crippen LogP contribution in [0, 0.1) is 19.8 Å². The highest BCUT2D eigenvalue weighted by Gasteiger charge is 2.30. The number of carbonyl (C=O) groups excluding carboxylic acids is 2. The number of nitrogens with one attached hydrogen (secondary N) is 2. The minimum atomic E-state index is -0.792. The molecule has 0 spiro atoms. The predicted octanol–water partition coefficient (Wildman–Crippen LogP) is 2.16. The molecule has 1 aliphatic rings. The summed E-state index contributed by atoms with van der Waals surface area (Å²) in [4.78, 5) is 25.0. The predicted molar refractivity (Wildman–Crippen MR) is 92.9 cm³/mol. The lowest BCUT2D eigenvalue weighted by atomic mass is 9.87. The zero-order valence-electron chi connectivity index (χ0n) is 14.8. The first-order valence-corrected chi connectivity index (χ1v) is 8.45. The van der Waals surface area contributed by atoms with E-state index >= 15 is 0 Å². The number of H-pyrrole nitrogens is 1. The molecule has 132 valence electrons. The van der Waals surface area contributed by atoms with Crippen molar-refractivity contribution in [3.05, 3.63) is 52.3 Å². The van der Waals surface area contributed by atoms with Crippen molar-refractivity contribution in [2.24, 2.45) is 5.92 Å². The lowest BCUT2D eigenvalue weighted by Gasteiger charge is -2.24.